The zero-order valence-electron chi connectivity index (χ0n) is 20.3. The molecule has 0 aliphatic heterocycles. The van der Waals surface area contributed by atoms with Crippen molar-refractivity contribution in [1.82, 2.24) is 19.5 Å². The van der Waals surface area contributed by atoms with Gasteiger partial charge in [0.15, 0.2) is 0 Å². The molecule has 0 aliphatic carbocycles. The van der Waals surface area contributed by atoms with Crippen molar-refractivity contribution in [2.24, 2.45) is 0 Å². The van der Waals surface area contributed by atoms with Gasteiger partial charge in [0.1, 0.15) is 6.33 Å². The number of carbonyl (C=O) groups excluding carboxylic acids is 1. The normalized spacial score (nSPS) is 11.2. The van der Waals surface area contributed by atoms with E-state index in [0.29, 0.717) is 11.3 Å². The summed E-state index contributed by atoms with van der Waals surface area (Å²) in [5.74, 6) is 5.66. The van der Waals surface area contributed by atoms with Gasteiger partial charge in [-0.15, -0.1) is 0 Å². The summed E-state index contributed by atoms with van der Waals surface area (Å²) in [4.78, 5) is 25.4. The molecule has 0 atom stereocenters. The fourth-order valence-electron chi connectivity index (χ4n) is 3.91. The third-order valence-corrected chi connectivity index (χ3v) is 5.89. The second-order valence-corrected chi connectivity index (χ2v) is 8.68. The fraction of sp³-hybridized carbons (Fsp3) is 0.103. The maximum Gasteiger partial charge on any atom is 0.416 e. The number of hydrogen-bond donors (Lipinski definition) is 1. The fourth-order valence-corrected chi connectivity index (χ4v) is 3.91. The van der Waals surface area contributed by atoms with Crippen molar-refractivity contribution < 1.29 is 18.0 Å². The van der Waals surface area contributed by atoms with Gasteiger partial charge in [-0.25, -0.2) is 15.0 Å². The van der Waals surface area contributed by atoms with Crippen LogP contribution >= 0.6 is 0 Å². The van der Waals surface area contributed by atoms with Crippen LogP contribution in [0.3, 0.4) is 0 Å². The summed E-state index contributed by atoms with van der Waals surface area (Å²) in [5, 5.41) is 3.40. The van der Waals surface area contributed by atoms with Crippen molar-refractivity contribution in [2.45, 2.75) is 20.0 Å². The third kappa shape index (κ3) is 5.25. The van der Waals surface area contributed by atoms with E-state index >= 15 is 0 Å². The Morgan fingerprint density at radius 1 is 0.974 bits per heavy atom. The third-order valence-electron chi connectivity index (χ3n) is 5.89. The van der Waals surface area contributed by atoms with Crippen molar-refractivity contribution in [3.63, 3.8) is 0 Å². The Kier molecular flexibility index (Phi) is 6.39. The molecular weight excluding hydrogens is 491 g/mol. The van der Waals surface area contributed by atoms with Crippen LogP contribution in [-0.2, 0) is 6.18 Å². The van der Waals surface area contributed by atoms with Gasteiger partial charge in [0, 0.05) is 45.8 Å². The molecule has 0 fully saturated rings. The van der Waals surface area contributed by atoms with Gasteiger partial charge in [-0.3, -0.25) is 4.79 Å². The van der Waals surface area contributed by atoms with Crippen molar-refractivity contribution in [3.05, 3.63) is 113 Å². The first-order valence-corrected chi connectivity index (χ1v) is 11.5. The Morgan fingerprint density at radius 2 is 1.79 bits per heavy atom. The second-order valence-electron chi connectivity index (χ2n) is 8.68. The second kappa shape index (κ2) is 9.82. The molecule has 1 N–H and O–H groups in total. The molecule has 6 nitrogen and oxygen atoms in total. The van der Waals surface area contributed by atoms with Crippen molar-refractivity contribution >= 4 is 22.5 Å². The lowest BCUT2D eigenvalue weighted by Gasteiger charge is -2.14. The molecule has 188 valence electrons. The Hall–Kier alpha value is -4.97. The number of amides is 1. The highest BCUT2D eigenvalue weighted by atomic mass is 19.4. The number of aryl methyl sites for hydroxylation is 2. The number of imidazole rings is 1. The first kappa shape index (κ1) is 24.7. The van der Waals surface area contributed by atoms with Crippen molar-refractivity contribution in [3.8, 4) is 17.5 Å². The predicted octanol–water partition coefficient (Wildman–Crippen LogP) is 6.10. The molecule has 38 heavy (non-hydrogen) atoms. The van der Waals surface area contributed by atoms with Crippen LogP contribution in [0, 0.1) is 25.7 Å². The van der Waals surface area contributed by atoms with Crippen LogP contribution in [0.5, 0.6) is 0 Å². The minimum atomic E-state index is -4.59. The number of rotatable bonds is 3. The van der Waals surface area contributed by atoms with Crippen molar-refractivity contribution in [1.29, 1.82) is 0 Å². The minimum absolute atomic E-state index is 0.00939. The maximum atomic E-state index is 13.6. The van der Waals surface area contributed by atoms with Crippen molar-refractivity contribution in [2.75, 3.05) is 5.32 Å². The van der Waals surface area contributed by atoms with Gasteiger partial charge in [0.25, 0.3) is 5.91 Å². The summed E-state index contributed by atoms with van der Waals surface area (Å²) in [7, 11) is 0. The van der Waals surface area contributed by atoms with Gasteiger partial charge in [-0.05, 0) is 61.9 Å². The number of anilines is 1. The number of nitrogens with one attached hydrogen (secondary N) is 1. The lowest BCUT2D eigenvalue weighted by atomic mass is 10.0. The lowest BCUT2D eigenvalue weighted by molar-refractivity contribution is -0.137. The van der Waals surface area contributed by atoms with Gasteiger partial charge in [0.05, 0.1) is 23.1 Å². The smallest absolute Gasteiger partial charge is 0.322 e. The van der Waals surface area contributed by atoms with Gasteiger partial charge in [-0.2, -0.15) is 13.2 Å². The number of fused-ring (bicyclic) bond motifs is 1. The number of aromatic nitrogens is 4. The molecule has 0 radical (unpaired) electrons. The Morgan fingerprint density at radius 3 is 2.55 bits per heavy atom. The lowest BCUT2D eigenvalue weighted by Crippen LogP contribution is -2.14. The van der Waals surface area contributed by atoms with Gasteiger partial charge in [0.2, 0.25) is 0 Å². The molecule has 3 aromatic carbocycles. The quantitative estimate of drug-likeness (QED) is 0.297. The van der Waals surface area contributed by atoms with E-state index in [2.05, 4.69) is 32.1 Å². The standard InChI is InChI=1S/C29H20F3N5O/c1-18-6-7-22(10-21(18)9-8-20-4-3-5-27-26(20)14-33-16-34-27)28(38)36-24-11-23(29(30,31)32)12-25(13-24)37-15-19(2)35-17-37/h3-7,10-17H,1-2H3,(H,36,38). The van der Waals surface area contributed by atoms with E-state index in [9.17, 15) is 18.0 Å². The molecule has 0 spiro atoms. The van der Waals surface area contributed by atoms with Gasteiger partial charge in [-0.1, -0.05) is 24.0 Å². The van der Waals surface area contributed by atoms with E-state index < -0.39 is 17.6 Å². The molecule has 2 heterocycles. The first-order chi connectivity index (χ1) is 18.2. The topological polar surface area (TPSA) is 72.7 Å². The number of halogens is 3. The van der Waals surface area contributed by atoms with Crippen LogP contribution in [0.1, 0.15) is 38.3 Å². The van der Waals surface area contributed by atoms with Crippen LogP contribution < -0.4 is 5.32 Å². The van der Waals surface area contributed by atoms with Gasteiger partial charge >= 0.3 is 6.18 Å². The summed E-state index contributed by atoms with van der Waals surface area (Å²) >= 11 is 0. The molecule has 2 aromatic heterocycles. The molecule has 5 aromatic rings. The summed E-state index contributed by atoms with van der Waals surface area (Å²) in [5.41, 5.74) is 3.24. The van der Waals surface area contributed by atoms with Crippen LogP contribution in [0.2, 0.25) is 0 Å². The number of carbonyl (C=O) groups is 1. The summed E-state index contributed by atoms with van der Waals surface area (Å²) < 4.78 is 42.2. The van der Waals surface area contributed by atoms with Gasteiger partial charge < -0.3 is 9.88 Å². The monoisotopic (exact) mass is 511 g/mol. The highest BCUT2D eigenvalue weighted by molar-refractivity contribution is 6.04. The van der Waals surface area contributed by atoms with Crippen LogP contribution in [-0.4, -0.2) is 25.4 Å². The molecule has 0 saturated heterocycles. The zero-order chi connectivity index (χ0) is 26.9. The summed E-state index contributed by atoms with van der Waals surface area (Å²) in [6, 6.07) is 13.9. The summed E-state index contributed by atoms with van der Waals surface area (Å²) in [6.07, 6.45) is 1.59. The first-order valence-electron chi connectivity index (χ1n) is 11.5. The largest absolute Gasteiger partial charge is 0.416 e. The maximum absolute atomic E-state index is 13.6. The molecule has 0 bridgehead atoms. The van der Waals surface area contributed by atoms with Crippen LogP contribution in [0.25, 0.3) is 16.6 Å². The Balaban J connectivity index is 1.46. The van der Waals surface area contributed by atoms with E-state index in [4.69, 9.17) is 0 Å². The van der Waals surface area contributed by atoms with Crippen LogP contribution in [0.15, 0.2) is 79.6 Å². The highest BCUT2D eigenvalue weighted by Gasteiger charge is 2.31. The number of hydrogen-bond acceptors (Lipinski definition) is 4. The molecule has 5 rings (SSSR count). The SMILES string of the molecule is Cc1cn(-c2cc(NC(=O)c3ccc(C)c(C#Cc4cccc5ncncc45)c3)cc(C(F)(F)F)c2)cn1. The minimum Gasteiger partial charge on any atom is -0.322 e. The molecule has 1 amide bonds. The van der Waals surface area contributed by atoms with E-state index in [-0.39, 0.29) is 16.9 Å². The van der Waals surface area contributed by atoms with E-state index in [1.54, 1.807) is 37.5 Å². The van der Waals surface area contributed by atoms with E-state index in [1.165, 1.54) is 23.3 Å². The Labute approximate surface area is 216 Å². The predicted molar refractivity (Wildman–Crippen MR) is 138 cm³/mol. The molecular formula is C29H20F3N5O. The average molecular weight is 512 g/mol. The van der Waals surface area contributed by atoms with E-state index in [0.717, 1.165) is 34.2 Å². The number of alkyl halides is 3. The molecule has 0 saturated carbocycles. The molecule has 0 unspecified atom stereocenters. The highest BCUT2D eigenvalue weighted by Crippen LogP contribution is 2.33. The molecule has 0 aliphatic rings. The number of benzene rings is 3. The molecule has 9 heteroatoms. The zero-order valence-corrected chi connectivity index (χ0v) is 20.3. The van der Waals surface area contributed by atoms with E-state index in [1.807, 2.05) is 25.1 Å². The van der Waals surface area contributed by atoms with Crippen LogP contribution in [0.4, 0.5) is 18.9 Å². The number of nitrogens with zero attached hydrogens (tertiary/aromatic N) is 4. The summed E-state index contributed by atoms with van der Waals surface area (Å²) in [6.45, 7) is 3.60. The Bertz CT molecular complexity index is 1740. The average Bonchev–Trinajstić information content (AvgIpc) is 3.33.